The zero-order valence-corrected chi connectivity index (χ0v) is 32.1. The van der Waals surface area contributed by atoms with Crippen molar-refractivity contribution in [2.24, 2.45) is 0 Å². The second kappa shape index (κ2) is 14.6. The summed E-state index contributed by atoms with van der Waals surface area (Å²) in [5.74, 6) is 0. The number of fused-ring (bicyclic) bond motifs is 2. The SMILES string of the molecule is C=C/C=C\c1c(C)c2c(n1-c1ccc(-c3ccc(C(C)(C)c4ccc(-c5ccc(-n6c(/C=C\C=C)c(C)c7ccncc76)cc5)cc4)cc3)cc1)CNC=C2. The Balaban J connectivity index is 1.01. The maximum absolute atomic E-state index is 4.43. The number of hydrogen-bond donors (Lipinski definition) is 1. The molecular weight excluding hydrogens is 669 g/mol. The van der Waals surface area contributed by atoms with E-state index in [4.69, 9.17) is 0 Å². The number of aryl methyl sites for hydroxylation is 1. The predicted octanol–water partition coefficient (Wildman–Crippen LogP) is 12.6. The molecule has 1 N–H and O–H groups in total. The van der Waals surface area contributed by atoms with Crippen LogP contribution in [-0.2, 0) is 12.0 Å². The Bertz CT molecular complexity index is 2620. The van der Waals surface area contributed by atoms with E-state index in [0.717, 1.165) is 29.1 Å². The highest BCUT2D eigenvalue weighted by Crippen LogP contribution is 2.36. The summed E-state index contributed by atoms with van der Waals surface area (Å²) in [4.78, 5) is 4.43. The van der Waals surface area contributed by atoms with Gasteiger partial charge in [0.15, 0.2) is 0 Å². The fourth-order valence-electron chi connectivity index (χ4n) is 8.02. The van der Waals surface area contributed by atoms with E-state index in [1.54, 1.807) is 0 Å². The lowest BCUT2D eigenvalue weighted by Crippen LogP contribution is -2.18. The summed E-state index contributed by atoms with van der Waals surface area (Å²) >= 11 is 0. The fourth-order valence-corrected chi connectivity index (χ4v) is 8.02. The Hall–Kier alpha value is -6.65. The molecule has 4 aromatic carbocycles. The number of benzene rings is 4. The van der Waals surface area contributed by atoms with E-state index < -0.39 is 0 Å². The fraction of sp³-hybridized carbons (Fsp3) is 0.118. The van der Waals surface area contributed by atoms with E-state index in [1.165, 1.54) is 66.8 Å². The van der Waals surface area contributed by atoms with Gasteiger partial charge in [0.1, 0.15) is 0 Å². The molecular formula is C51H46N4. The number of nitrogens with one attached hydrogen (secondary N) is 1. The molecule has 0 saturated heterocycles. The maximum Gasteiger partial charge on any atom is 0.0720 e. The molecule has 0 spiro atoms. The van der Waals surface area contributed by atoms with Crippen molar-refractivity contribution >= 4 is 29.1 Å². The highest BCUT2D eigenvalue weighted by molar-refractivity contribution is 5.89. The summed E-state index contributed by atoms with van der Waals surface area (Å²) in [6.07, 6.45) is 19.9. The van der Waals surface area contributed by atoms with Gasteiger partial charge in [-0.05, 0) is 113 Å². The van der Waals surface area contributed by atoms with E-state index in [0.29, 0.717) is 0 Å². The van der Waals surface area contributed by atoms with Crippen LogP contribution < -0.4 is 5.32 Å². The molecule has 0 amide bonds. The molecule has 0 unspecified atom stereocenters. The van der Waals surface area contributed by atoms with Gasteiger partial charge in [0, 0.05) is 51.0 Å². The lowest BCUT2D eigenvalue weighted by Gasteiger charge is -2.26. The van der Waals surface area contributed by atoms with Crippen molar-refractivity contribution in [3.05, 3.63) is 204 Å². The summed E-state index contributed by atoms with van der Waals surface area (Å²) in [5, 5.41) is 4.59. The van der Waals surface area contributed by atoms with Crippen molar-refractivity contribution in [2.45, 2.75) is 39.7 Å². The number of pyridine rings is 1. The topological polar surface area (TPSA) is 34.8 Å². The van der Waals surface area contributed by atoms with Crippen LogP contribution in [0, 0.1) is 13.8 Å². The summed E-state index contributed by atoms with van der Waals surface area (Å²) in [5.41, 5.74) is 17.9. The van der Waals surface area contributed by atoms with Gasteiger partial charge in [0.25, 0.3) is 0 Å². The van der Waals surface area contributed by atoms with Crippen LogP contribution in [0.25, 0.3) is 62.8 Å². The minimum Gasteiger partial charge on any atom is -0.385 e. The van der Waals surface area contributed by atoms with Gasteiger partial charge in [-0.2, -0.15) is 0 Å². The van der Waals surface area contributed by atoms with Gasteiger partial charge < -0.3 is 14.5 Å². The number of hydrogen-bond acceptors (Lipinski definition) is 2. The highest BCUT2D eigenvalue weighted by atomic mass is 15.0. The van der Waals surface area contributed by atoms with Crippen LogP contribution in [0.4, 0.5) is 0 Å². The van der Waals surface area contributed by atoms with Crippen LogP contribution in [-0.4, -0.2) is 14.1 Å². The van der Waals surface area contributed by atoms with Gasteiger partial charge >= 0.3 is 0 Å². The molecule has 1 aliphatic rings. The molecule has 0 radical (unpaired) electrons. The molecule has 4 heterocycles. The first-order valence-corrected chi connectivity index (χ1v) is 18.9. The quantitative estimate of drug-likeness (QED) is 0.143. The Morgan fingerprint density at radius 2 is 1.13 bits per heavy atom. The molecule has 4 heteroatoms. The smallest absolute Gasteiger partial charge is 0.0720 e. The van der Waals surface area contributed by atoms with Crippen molar-refractivity contribution in [3.8, 4) is 33.6 Å². The summed E-state index contributed by atoms with van der Waals surface area (Å²) in [6, 6.07) is 37.9. The van der Waals surface area contributed by atoms with E-state index in [2.05, 4.69) is 182 Å². The third kappa shape index (κ3) is 6.40. The number of nitrogens with zero attached hydrogens (tertiary/aromatic N) is 3. The van der Waals surface area contributed by atoms with Crippen molar-refractivity contribution < 1.29 is 0 Å². The molecule has 0 saturated carbocycles. The minimum absolute atomic E-state index is 0.162. The molecule has 55 heavy (non-hydrogen) atoms. The zero-order valence-electron chi connectivity index (χ0n) is 32.1. The minimum atomic E-state index is -0.162. The van der Waals surface area contributed by atoms with Gasteiger partial charge in [-0.3, -0.25) is 4.98 Å². The van der Waals surface area contributed by atoms with Crippen molar-refractivity contribution in [1.82, 2.24) is 19.4 Å². The van der Waals surface area contributed by atoms with Crippen molar-refractivity contribution in [3.63, 3.8) is 0 Å². The maximum atomic E-state index is 4.43. The van der Waals surface area contributed by atoms with Crippen LogP contribution in [0.1, 0.15) is 58.7 Å². The summed E-state index contributed by atoms with van der Waals surface area (Å²) < 4.78 is 4.64. The molecule has 4 nitrogen and oxygen atoms in total. The van der Waals surface area contributed by atoms with Crippen LogP contribution in [0.15, 0.2) is 159 Å². The standard InChI is InChI=1S/C51H46N4/c1-7-9-11-47-35(3)45-29-31-52-33-49(45)54(47)43-25-17-39(18-26-43)37-13-21-41(22-14-37)51(5,6)42-23-15-38(16-24-42)40-19-27-44(28-20-40)55-48(12-10-8-2)36(4)46-30-32-53-34-50(46)55/h7-33,53H,1-2,34H2,3-6H3/b11-9-,12-10-. The molecule has 1 aliphatic heterocycles. The van der Waals surface area contributed by atoms with Crippen LogP contribution in [0.3, 0.4) is 0 Å². The molecule has 270 valence electrons. The predicted molar refractivity (Wildman–Crippen MR) is 234 cm³/mol. The van der Waals surface area contributed by atoms with E-state index in [1.807, 2.05) is 42.9 Å². The largest absolute Gasteiger partial charge is 0.385 e. The first-order chi connectivity index (χ1) is 26.8. The first kappa shape index (κ1) is 35.4. The summed E-state index contributed by atoms with van der Waals surface area (Å²) in [6.45, 7) is 17.5. The summed E-state index contributed by atoms with van der Waals surface area (Å²) in [7, 11) is 0. The van der Waals surface area contributed by atoms with Gasteiger partial charge in [0.05, 0.1) is 18.3 Å². The Labute approximate surface area is 324 Å². The van der Waals surface area contributed by atoms with Crippen LogP contribution in [0.2, 0.25) is 0 Å². The van der Waals surface area contributed by atoms with Crippen LogP contribution in [0.5, 0.6) is 0 Å². The number of rotatable bonds is 10. The highest BCUT2D eigenvalue weighted by Gasteiger charge is 2.24. The molecule has 0 bridgehead atoms. The van der Waals surface area contributed by atoms with Gasteiger partial charge in [-0.15, -0.1) is 0 Å². The van der Waals surface area contributed by atoms with Crippen LogP contribution >= 0.6 is 0 Å². The van der Waals surface area contributed by atoms with Gasteiger partial charge in [-0.1, -0.05) is 124 Å². The zero-order chi connectivity index (χ0) is 38.1. The molecule has 3 aromatic heterocycles. The normalized spacial score (nSPS) is 12.7. The van der Waals surface area contributed by atoms with Gasteiger partial charge in [0.2, 0.25) is 0 Å². The van der Waals surface area contributed by atoms with E-state index in [-0.39, 0.29) is 5.41 Å². The Kier molecular flexibility index (Phi) is 9.42. The lowest BCUT2D eigenvalue weighted by molar-refractivity contribution is 0.641. The molecule has 8 rings (SSSR count). The van der Waals surface area contributed by atoms with Crippen molar-refractivity contribution in [1.29, 1.82) is 0 Å². The monoisotopic (exact) mass is 714 g/mol. The second-order valence-electron chi connectivity index (χ2n) is 14.7. The average molecular weight is 715 g/mol. The first-order valence-electron chi connectivity index (χ1n) is 18.9. The molecule has 0 aliphatic carbocycles. The van der Waals surface area contributed by atoms with Crippen molar-refractivity contribution in [2.75, 3.05) is 0 Å². The van der Waals surface area contributed by atoms with E-state index >= 15 is 0 Å². The number of allylic oxidation sites excluding steroid dienone is 4. The third-order valence-corrected chi connectivity index (χ3v) is 11.2. The molecule has 0 atom stereocenters. The van der Waals surface area contributed by atoms with Gasteiger partial charge in [-0.25, -0.2) is 0 Å². The molecule has 0 fully saturated rings. The lowest BCUT2D eigenvalue weighted by atomic mass is 9.77. The Morgan fingerprint density at radius 1 is 0.636 bits per heavy atom. The second-order valence-corrected chi connectivity index (χ2v) is 14.7. The third-order valence-electron chi connectivity index (χ3n) is 11.2. The number of aromatic nitrogens is 3. The molecule has 7 aromatic rings. The Morgan fingerprint density at radius 3 is 1.65 bits per heavy atom. The average Bonchev–Trinajstić information content (AvgIpc) is 3.68. The van der Waals surface area contributed by atoms with E-state index in [9.17, 15) is 0 Å².